The molecular formula is C24H27N. The number of rotatable bonds is 5. The highest BCUT2D eigenvalue weighted by molar-refractivity contribution is 5.78. The standard InChI is InChI=1S/C24H27N/c1-7-18(3)9-12-20(5)23(8-2)24-17-22(15-16-25(24)6)21-13-10-19(4)11-14-21/h7-17H,1-2H2,3-6H3/b18-9-,20-12+,24-23+. The summed E-state index contributed by atoms with van der Waals surface area (Å²) in [6, 6.07) is 8.63. The molecule has 1 aliphatic heterocycles. The molecule has 0 aromatic heterocycles. The van der Waals surface area contributed by atoms with Crippen LogP contribution in [-0.4, -0.2) is 11.9 Å². The molecule has 0 saturated carbocycles. The molecule has 1 heterocycles. The van der Waals surface area contributed by atoms with Crippen LogP contribution in [0.5, 0.6) is 0 Å². The topological polar surface area (TPSA) is 3.24 Å². The molecule has 0 unspecified atom stereocenters. The van der Waals surface area contributed by atoms with E-state index in [4.69, 9.17) is 0 Å². The summed E-state index contributed by atoms with van der Waals surface area (Å²) in [6.07, 6.45) is 14.5. The number of aryl methyl sites for hydroxylation is 1. The molecule has 0 atom stereocenters. The quantitative estimate of drug-likeness (QED) is 0.568. The van der Waals surface area contributed by atoms with Crippen molar-refractivity contribution in [3.63, 3.8) is 0 Å². The molecule has 0 N–H and O–H groups in total. The third kappa shape index (κ3) is 4.60. The summed E-state index contributed by atoms with van der Waals surface area (Å²) < 4.78 is 0. The van der Waals surface area contributed by atoms with E-state index in [9.17, 15) is 0 Å². The first-order chi connectivity index (χ1) is 12.0. The third-order valence-corrected chi connectivity index (χ3v) is 4.36. The van der Waals surface area contributed by atoms with Crippen molar-refractivity contribution in [1.82, 2.24) is 4.90 Å². The Balaban J connectivity index is 2.50. The molecule has 0 fully saturated rings. The van der Waals surface area contributed by atoms with Crippen LogP contribution < -0.4 is 0 Å². The Morgan fingerprint density at radius 3 is 2.28 bits per heavy atom. The minimum atomic E-state index is 1.13. The van der Waals surface area contributed by atoms with Crippen molar-refractivity contribution >= 4 is 5.57 Å². The van der Waals surface area contributed by atoms with E-state index in [1.807, 2.05) is 19.1 Å². The van der Waals surface area contributed by atoms with Gasteiger partial charge in [0.05, 0.1) is 0 Å². The van der Waals surface area contributed by atoms with Gasteiger partial charge in [-0.3, -0.25) is 0 Å². The Hall–Kier alpha value is -2.80. The lowest BCUT2D eigenvalue weighted by Crippen LogP contribution is -2.14. The van der Waals surface area contributed by atoms with E-state index in [1.165, 1.54) is 22.3 Å². The molecule has 128 valence electrons. The molecular weight excluding hydrogens is 302 g/mol. The fraction of sp³-hybridized carbons (Fsp3) is 0.167. The molecule has 0 bridgehead atoms. The van der Waals surface area contributed by atoms with Gasteiger partial charge in [-0.1, -0.05) is 72.9 Å². The van der Waals surface area contributed by atoms with Crippen molar-refractivity contribution in [1.29, 1.82) is 0 Å². The van der Waals surface area contributed by atoms with Gasteiger partial charge in [0.2, 0.25) is 0 Å². The molecule has 0 amide bonds. The highest BCUT2D eigenvalue weighted by Gasteiger charge is 2.13. The average Bonchev–Trinajstić information content (AvgIpc) is 2.62. The number of hydrogen-bond donors (Lipinski definition) is 0. The Morgan fingerprint density at radius 1 is 1.00 bits per heavy atom. The lowest BCUT2D eigenvalue weighted by Gasteiger charge is -2.24. The first kappa shape index (κ1) is 18.5. The van der Waals surface area contributed by atoms with Gasteiger partial charge in [-0.2, -0.15) is 0 Å². The molecule has 1 heteroatoms. The fourth-order valence-corrected chi connectivity index (χ4v) is 2.64. The molecule has 1 aromatic rings. The molecule has 0 spiro atoms. The predicted octanol–water partition coefficient (Wildman–Crippen LogP) is 6.36. The molecule has 1 nitrogen and oxygen atoms in total. The largest absolute Gasteiger partial charge is 0.351 e. The third-order valence-electron chi connectivity index (χ3n) is 4.36. The summed E-state index contributed by atoms with van der Waals surface area (Å²) in [4.78, 5) is 2.14. The number of nitrogens with zero attached hydrogens (tertiary/aromatic N) is 1. The van der Waals surface area contributed by atoms with E-state index in [-0.39, 0.29) is 0 Å². The normalized spacial score (nSPS) is 17.3. The Labute approximate surface area is 152 Å². The van der Waals surface area contributed by atoms with Gasteiger partial charge in [0, 0.05) is 24.5 Å². The minimum Gasteiger partial charge on any atom is -0.351 e. The lowest BCUT2D eigenvalue weighted by atomic mass is 9.97. The van der Waals surface area contributed by atoms with Gasteiger partial charge in [-0.15, -0.1) is 0 Å². The first-order valence-electron chi connectivity index (χ1n) is 8.50. The van der Waals surface area contributed by atoms with Crippen molar-refractivity contribution in [2.45, 2.75) is 20.8 Å². The second-order valence-electron chi connectivity index (χ2n) is 6.36. The van der Waals surface area contributed by atoms with E-state index in [1.54, 1.807) is 0 Å². The van der Waals surface area contributed by atoms with Crippen LogP contribution >= 0.6 is 0 Å². The zero-order chi connectivity index (χ0) is 18.4. The van der Waals surface area contributed by atoms with Crippen molar-refractivity contribution in [2.24, 2.45) is 0 Å². The van der Waals surface area contributed by atoms with Gasteiger partial charge in [0.1, 0.15) is 0 Å². The second-order valence-corrected chi connectivity index (χ2v) is 6.36. The van der Waals surface area contributed by atoms with E-state index in [2.05, 4.69) is 93.7 Å². The van der Waals surface area contributed by atoms with E-state index >= 15 is 0 Å². The number of hydrogen-bond acceptors (Lipinski definition) is 1. The van der Waals surface area contributed by atoms with Crippen molar-refractivity contribution < 1.29 is 0 Å². The zero-order valence-corrected chi connectivity index (χ0v) is 15.7. The maximum absolute atomic E-state index is 4.03. The molecule has 0 saturated heterocycles. The van der Waals surface area contributed by atoms with Crippen LogP contribution in [0.15, 0.2) is 102 Å². The van der Waals surface area contributed by atoms with Crippen LogP contribution in [0, 0.1) is 6.92 Å². The number of likely N-dealkylation sites (N-methyl/N-ethyl adjacent to an activating group) is 1. The molecule has 1 aliphatic rings. The summed E-state index contributed by atoms with van der Waals surface area (Å²) in [7, 11) is 2.07. The number of benzene rings is 1. The summed E-state index contributed by atoms with van der Waals surface area (Å²) in [5.41, 5.74) is 8.29. The highest BCUT2D eigenvalue weighted by Crippen LogP contribution is 2.28. The summed E-state index contributed by atoms with van der Waals surface area (Å²) in [5, 5.41) is 0. The molecule has 0 aliphatic carbocycles. The van der Waals surface area contributed by atoms with Crippen LogP contribution in [0.25, 0.3) is 5.57 Å². The van der Waals surface area contributed by atoms with Gasteiger partial charge in [-0.25, -0.2) is 0 Å². The highest BCUT2D eigenvalue weighted by atomic mass is 15.1. The molecule has 1 aromatic carbocycles. The molecule has 2 rings (SSSR count). The van der Waals surface area contributed by atoms with Gasteiger partial charge < -0.3 is 4.90 Å². The summed E-state index contributed by atoms with van der Waals surface area (Å²) in [5.74, 6) is 0. The zero-order valence-electron chi connectivity index (χ0n) is 15.7. The van der Waals surface area contributed by atoms with Crippen LogP contribution in [-0.2, 0) is 0 Å². The van der Waals surface area contributed by atoms with Gasteiger partial charge >= 0.3 is 0 Å². The van der Waals surface area contributed by atoms with E-state index in [0.29, 0.717) is 0 Å². The van der Waals surface area contributed by atoms with Crippen LogP contribution in [0.4, 0.5) is 0 Å². The van der Waals surface area contributed by atoms with Gasteiger partial charge in [0.15, 0.2) is 0 Å². The van der Waals surface area contributed by atoms with Crippen molar-refractivity contribution in [3.8, 4) is 0 Å². The number of allylic oxidation sites excluding steroid dienone is 10. The summed E-state index contributed by atoms with van der Waals surface area (Å²) in [6.45, 7) is 14.1. The lowest BCUT2D eigenvalue weighted by molar-refractivity contribution is 0.580. The Morgan fingerprint density at radius 2 is 1.68 bits per heavy atom. The smallest absolute Gasteiger partial charge is 0.0485 e. The monoisotopic (exact) mass is 329 g/mol. The van der Waals surface area contributed by atoms with Crippen LogP contribution in [0.2, 0.25) is 0 Å². The van der Waals surface area contributed by atoms with Crippen molar-refractivity contribution in [2.75, 3.05) is 7.05 Å². The minimum absolute atomic E-state index is 1.13. The van der Waals surface area contributed by atoms with Gasteiger partial charge in [0.25, 0.3) is 0 Å². The first-order valence-corrected chi connectivity index (χ1v) is 8.50. The van der Waals surface area contributed by atoms with E-state index < -0.39 is 0 Å². The van der Waals surface area contributed by atoms with Crippen molar-refractivity contribution in [3.05, 3.63) is 114 Å². The SMILES string of the molecule is C=C\C(C)=C/C=C(C)/C(C=C)=C1\C=C(c2ccc(C)cc2)C=CN1C. The maximum atomic E-state index is 4.03. The maximum Gasteiger partial charge on any atom is 0.0485 e. The molecule has 0 radical (unpaired) electrons. The van der Waals surface area contributed by atoms with Gasteiger partial charge in [-0.05, 0) is 49.6 Å². The summed E-state index contributed by atoms with van der Waals surface area (Å²) >= 11 is 0. The Bertz CT molecular complexity index is 808. The predicted molar refractivity (Wildman–Crippen MR) is 111 cm³/mol. The fourth-order valence-electron chi connectivity index (χ4n) is 2.64. The molecule has 25 heavy (non-hydrogen) atoms. The Kier molecular flexibility index (Phi) is 6.19. The second kappa shape index (κ2) is 8.34. The average molecular weight is 329 g/mol. The van der Waals surface area contributed by atoms with Crippen LogP contribution in [0.1, 0.15) is 25.0 Å². The van der Waals surface area contributed by atoms with E-state index in [0.717, 1.165) is 16.8 Å². The van der Waals surface area contributed by atoms with Crippen LogP contribution in [0.3, 0.4) is 0 Å².